The van der Waals surface area contributed by atoms with Crippen molar-refractivity contribution in [3.8, 4) is 0 Å². The van der Waals surface area contributed by atoms with Gasteiger partial charge in [0.25, 0.3) is 0 Å². The molecule has 1 unspecified atom stereocenters. The molecule has 1 aromatic heterocycles. The molecule has 2 heterocycles. The first kappa shape index (κ1) is 12.0. The minimum absolute atomic E-state index is 0.00502. The van der Waals surface area contributed by atoms with E-state index in [-0.39, 0.29) is 11.9 Å². The zero-order valence-electron chi connectivity index (χ0n) is 10.3. The molecule has 1 aromatic rings. The highest BCUT2D eigenvalue weighted by Crippen LogP contribution is 2.18. The van der Waals surface area contributed by atoms with Gasteiger partial charge >= 0.3 is 5.97 Å². The number of carbonyl (C=O) groups is 1. The molecule has 0 bridgehead atoms. The highest BCUT2D eigenvalue weighted by atomic mass is 16.5. The predicted octanol–water partition coefficient (Wildman–Crippen LogP) is 0.200. The van der Waals surface area contributed by atoms with Crippen molar-refractivity contribution in [3.05, 3.63) is 11.9 Å². The van der Waals surface area contributed by atoms with Gasteiger partial charge in [0.15, 0.2) is 0 Å². The molecular weight excluding hydrogens is 220 g/mol. The number of hydrogen-bond donors (Lipinski definition) is 0. The molecule has 1 aliphatic heterocycles. The van der Waals surface area contributed by atoms with Crippen molar-refractivity contribution in [1.29, 1.82) is 0 Å². The van der Waals surface area contributed by atoms with E-state index >= 15 is 0 Å². The number of nitrogens with zero attached hydrogens (tertiary/aromatic N) is 4. The lowest BCUT2D eigenvalue weighted by molar-refractivity contribution is -0.147. The number of carbonyl (C=O) groups excluding carboxylic acids is 1. The molecule has 2 rings (SSSR count). The molecule has 0 radical (unpaired) electrons. The highest BCUT2D eigenvalue weighted by Gasteiger charge is 2.26. The van der Waals surface area contributed by atoms with Crippen LogP contribution in [0.5, 0.6) is 0 Å². The number of rotatable bonds is 3. The minimum atomic E-state index is -0.103. The molecule has 0 amide bonds. The Kier molecular flexibility index (Phi) is 3.73. The highest BCUT2D eigenvalue weighted by molar-refractivity contribution is 5.72. The van der Waals surface area contributed by atoms with Crippen LogP contribution in [0.3, 0.4) is 0 Å². The van der Waals surface area contributed by atoms with Gasteiger partial charge in [-0.05, 0) is 19.4 Å². The maximum Gasteiger partial charge on any atom is 0.309 e. The Morgan fingerprint density at radius 1 is 1.65 bits per heavy atom. The Morgan fingerprint density at radius 2 is 2.47 bits per heavy atom. The molecular formula is C11H18N4O2. The van der Waals surface area contributed by atoms with Gasteiger partial charge in [-0.15, -0.1) is 5.10 Å². The third-order valence-corrected chi connectivity index (χ3v) is 3.08. The standard InChI is InChI=1S/C11H18N4O2/c1-14-7-10(12-13-14)8-15-5-3-4-9(6-15)11(16)17-2/h7,9H,3-6,8H2,1-2H3. The summed E-state index contributed by atoms with van der Waals surface area (Å²) in [5.74, 6) is -0.0979. The molecule has 6 nitrogen and oxygen atoms in total. The molecule has 94 valence electrons. The predicted molar refractivity (Wildman–Crippen MR) is 61.0 cm³/mol. The summed E-state index contributed by atoms with van der Waals surface area (Å²) >= 11 is 0. The van der Waals surface area contributed by atoms with Crippen molar-refractivity contribution in [2.24, 2.45) is 13.0 Å². The normalized spacial score (nSPS) is 21.4. The zero-order chi connectivity index (χ0) is 12.3. The molecule has 0 saturated carbocycles. The van der Waals surface area contributed by atoms with Crippen LogP contribution in [0.25, 0.3) is 0 Å². The Morgan fingerprint density at radius 3 is 3.12 bits per heavy atom. The SMILES string of the molecule is COC(=O)C1CCCN(Cc2cn(C)nn2)C1. The molecule has 6 heteroatoms. The molecule has 0 spiro atoms. The van der Waals surface area contributed by atoms with Gasteiger partial charge in [0.1, 0.15) is 0 Å². The molecule has 1 fully saturated rings. The van der Waals surface area contributed by atoms with Crippen LogP contribution in [-0.4, -0.2) is 46.1 Å². The van der Waals surface area contributed by atoms with Gasteiger partial charge < -0.3 is 4.74 Å². The number of piperidine rings is 1. The Bertz CT molecular complexity index is 391. The van der Waals surface area contributed by atoms with Crippen LogP contribution in [0.1, 0.15) is 18.5 Å². The van der Waals surface area contributed by atoms with Gasteiger partial charge in [-0.3, -0.25) is 14.4 Å². The van der Waals surface area contributed by atoms with E-state index in [1.54, 1.807) is 4.68 Å². The summed E-state index contributed by atoms with van der Waals surface area (Å²) in [6.45, 7) is 2.51. The van der Waals surface area contributed by atoms with Crippen LogP contribution in [0.4, 0.5) is 0 Å². The van der Waals surface area contributed by atoms with Gasteiger partial charge in [0.2, 0.25) is 0 Å². The van der Waals surface area contributed by atoms with Crippen LogP contribution in [0, 0.1) is 5.92 Å². The van der Waals surface area contributed by atoms with Crippen LogP contribution in [0.2, 0.25) is 0 Å². The number of likely N-dealkylation sites (tertiary alicyclic amines) is 1. The summed E-state index contributed by atoms with van der Waals surface area (Å²) in [6, 6.07) is 0. The lowest BCUT2D eigenvalue weighted by atomic mass is 9.98. The van der Waals surface area contributed by atoms with Crippen molar-refractivity contribution < 1.29 is 9.53 Å². The summed E-state index contributed by atoms with van der Waals surface area (Å²) in [5.41, 5.74) is 0.943. The van der Waals surface area contributed by atoms with E-state index in [2.05, 4.69) is 15.2 Å². The maximum atomic E-state index is 11.5. The summed E-state index contributed by atoms with van der Waals surface area (Å²) in [5, 5.41) is 7.96. The summed E-state index contributed by atoms with van der Waals surface area (Å²) < 4.78 is 6.49. The number of methoxy groups -OCH3 is 1. The lowest BCUT2D eigenvalue weighted by Gasteiger charge is -2.30. The number of aryl methyl sites for hydroxylation is 1. The minimum Gasteiger partial charge on any atom is -0.469 e. The van der Waals surface area contributed by atoms with Crippen molar-refractivity contribution >= 4 is 5.97 Å². The van der Waals surface area contributed by atoms with Gasteiger partial charge in [0, 0.05) is 26.3 Å². The van der Waals surface area contributed by atoms with E-state index in [0.29, 0.717) is 0 Å². The van der Waals surface area contributed by atoms with Crippen LogP contribution >= 0.6 is 0 Å². The zero-order valence-corrected chi connectivity index (χ0v) is 10.3. The first-order valence-corrected chi connectivity index (χ1v) is 5.84. The van der Waals surface area contributed by atoms with Crippen LogP contribution in [0.15, 0.2) is 6.20 Å². The molecule has 1 atom stereocenters. The van der Waals surface area contributed by atoms with E-state index < -0.39 is 0 Å². The topological polar surface area (TPSA) is 60.2 Å². The van der Waals surface area contributed by atoms with Gasteiger partial charge in [-0.2, -0.15) is 0 Å². The first-order chi connectivity index (χ1) is 8.19. The maximum absolute atomic E-state index is 11.5. The average molecular weight is 238 g/mol. The smallest absolute Gasteiger partial charge is 0.309 e. The third kappa shape index (κ3) is 3.03. The van der Waals surface area contributed by atoms with E-state index in [4.69, 9.17) is 4.74 Å². The van der Waals surface area contributed by atoms with Crippen molar-refractivity contribution in [2.45, 2.75) is 19.4 Å². The van der Waals surface area contributed by atoms with Crippen molar-refractivity contribution in [3.63, 3.8) is 0 Å². The fraction of sp³-hybridized carbons (Fsp3) is 0.727. The van der Waals surface area contributed by atoms with Gasteiger partial charge in [-0.1, -0.05) is 5.21 Å². The molecule has 1 saturated heterocycles. The van der Waals surface area contributed by atoms with Crippen LogP contribution < -0.4 is 0 Å². The van der Waals surface area contributed by atoms with E-state index in [0.717, 1.165) is 38.2 Å². The van der Waals surface area contributed by atoms with Crippen LogP contribution in [-0.2, 0) is 23.1 Å². The number of esters is 1. The van der Waals surface area contributed by atoms with Crippen molar-refractivity contribution in [1.82, 2.24) is 19.9 Å². The summed E-state index contributed by atoms with van der Waals surface area (Å²) in [4.78, 5) is 13.7. The molecule has 0 aromatic carbocycles. The quantitative estimate of drug-likeness (QED) is 0.704. The Hall–Kier alpha value is -1.43. The molecule has 1 aliphatic rings. The third-order valence-electron chi connectivity index (χ3n) is 3.08. The average Bonchev–Trinajstić information content (AvgIpc) is 2.74. The van der Waals surface area contributed by atoms with Gasteiger partial charge in [-0.25, -0.2) is 0 Å². The molecule has 0 aliphatic carbocycles. The largest absolute Gasteiger partial charge is 0.469 e. The van der Waals surface area contributed by atoms with Gasteiger partial charge in [0.05, 0.1) is 18.7 Å². The fourth-order valence-electron chi connectivity index (χ4n) is 2.26. The Balaban J connectivity index is 1.91. The fourth-order valence-corrected chi connectivity index (χ4v) is 2.26. The monoisotopic (exact) mass is 238 g/mol. The van der Waals surface area contributed by atoms with E-state index in [9.17, 15) is 4.79 Å². The molecule has 0 N–H and O–H groups in total. The number of hydrogen-bond acceptors (Lipinski definition) is 5. The summed E-state index contributed by atoms with van der Waals surface area (Å²) in [6.07, 6.45) is 3.85. The van der Waals surface area contributed by atoms with E-state index in [1.807, 2.05) is 13.2 Å². The van der Waals surface area contributed by atoms with Crippen molar-refractivity contribution in [2.75, 3.05) is 20.2 Å². The number of ether oxygens (including phenoxy) is 1. The first-order valence-electron chi connectivity index (χ1n) is 5.84. The number of aromatic nitrogens is 3. The second kappa shape index (κ2) is 5.27. The second-order valence-corrected chi connectivity index (χ2v) is 4.48. The summed E-state index contributed by atoms with van der Waals surface area (Å²) in [7, 11) is 3.30. The Labute approximate surface area is 101 Å². The lowest BCUT2D eigenvalue weighted by Crippen LogP contribution is -2.38. The van der Waals surface area contributed by atoms with E-state index in [1.165, 1.54) is 7.11 Å². The second-order valence-electron chi connectivity index (χ2n) is 4.48. The molecule has 17 heavy (non-hydrogen) atoms.